The topological polar surface area (TPSA) is 79.1 Å². The van der Waals surface area contributed by atoms with E-state index < -0.39 is 11.8 Å². The summed E-state index contributed by atoms with van der Waals surface area (Å²) < 4.78 is 3.12. The van der Waals surface area contributed by atoms with Gasteiger partial charge in [0.25, 0.3) is 17.2 Å². The third-order valence-corrected chi connectivity index (χ3v) is 6.48. The van der Waals surface area contributed by atoms with Gasteiger partial charge >= 0.3 is 5.91 Å². The van der Waals surface area contributed by atoms with Gasteiger partial charge in [-0.1, -0.05) is 44.2 Å². The summed E-state index contributed by atoms with van der Waals surface area (Å²) in [5.41, 5.74) is 4.60. The first-order valence-corrected chi connectivity index (χ1v) is 12.3. The van der Waals surface area contributed by atoms with E-state index in [1.807, 2.05) is 95.5 Å². The van der Waals surface area contributed by atoms with Crippen LogP contribution in [0.5, 0.6) is 0 Å². The van der Waals surface area contributed by atoms with Gasteiger partial charge in [0, 0.05) is 16.8 Å². The fraction of sp³-hybridized carbons (Fsp3) is 0.200. The van der Waals surface area contributed by atoms with E-state index in [-0.39, 0.29) is 28.3 Å². The first-order valence-electron chi connectivity index (χ1n) is 12.3. The molecule has 5 rings (SSSR count). The van der Waals surface area contributed by atoms with Gasteiger partial charge in [-0.3, -0.25) is 19.5 Å². The molecule has 1 aliphatic rings. The standard InChI is InChI=1S/C30H28N4O3/c1-18(2)26-24(29(36)34(31-26)22-11-7-6-8-12-22)25-27(32-16-20(4)14-21(5)17-32)30(37)33(28(25)35)23-13-9-10-19(3)15-23/h6-18H,1-5H3/p+1. The Bertz CT molecular complexity index is 1620. The van der Waals surface area contributed by atoms with Gasteiger partial charge in [0.15, 0.2) is 12.4 Å². The number of anilines is 1. The summed E-state index contributed by atoms with van der Waals surface area (Å²) in [5, 5.41) is 3.22. The van der Waals surface area contributed by atoms with Crippen LogP contribution in [0, 0.1) is 20.8 Å². The van der Waals surface area contributed by atoms with Gasteiger partial charge in [-0.15, -0.1) is 0 Å². The van der Waals surface area contributed by atoms with Crippen molar-refractivity contribution in [3.63, 3.8) is 0 Å². The number of hydrogen-bond acceptors (Lipinski definition) is 3. The highest BCUT2D eigenvalue weighted by Crippen LogP contribution is 2.35. The van der Waals surface area contributed by atoms with Crippen LogP contribution in [0.4, 0.5) is 5.69 Å². The van der Waals surface area contributed by atoms with E-state index in [0.29, 0.717) is 17.1 Å². The lowest BCUT2D eigenvalue weighted by molar-refractivity contribution is -0.577. The molecule has 0 saturated heterocycles. The average Bonchev–Trinajstić information content (AvgIpc) is 3.31. The summed E-state index contributed by atoms with van der Waals surface area (Å²) >= 11 is 0. The van der Waals surface area contributed by atoms with E-state index in [1.165, 1.54) is 9.58 Å². The predicted octanol–water partition coefficient (Wildman–Crippen LogP) is 4.44. The number of benzene rings is 2. The molecular weight excluding hydrogens is 464 g/mol. The van der Waals surface area contributed by atoms with Crippen molar-refractivity contribution < 1.29 is 14.2 Å². The lowest BCUT2D eigenvalue weighted by atomic mass is 9.98. The Labute approximate surface area is 215 Å². The number of imide groups is 1. The second kappa shape index (κ2) is 9.17. The fourth-order valence-corrected chi connectivity index (χ4v) is 4.90. The first-order chi connectivity index (χ1) is 17.7. The minimum atomic E-state index is -0.518. The van der Waals surface area contributed by atoms with Crippen molar-refractivity contribution in [2.24, 2.45) is 0 Å². The van der Waals surface area contributed by atoms with Crippen LogP contribution >= 0.6 is 0 Å². The SMILES string of the molecule is Cc1cccc(N2C(=O)C(c3c(C(C)C)[nH]n(-c4ccccc4)c3=O)=C([n+]3cc(C)cc(C)c3)C2=O)c1. The number of para-hydroxylation sites is 1. The minimum Gasteiger partial charge on any atom is -0.294 e. The van der Waals surface area contributed by atoms with Crippen LogP contribution in [-0.4, -0.2) is 21.6 Å². The van der Waals surface area contributed by atoms with Crippen molar-refractivity contribution in [3.8, 4) is 5.69 Å². The number of hydrogen-bond donors (Lipinski definition) is 1. The molecule has 7 heteroatoms. The number of carbonyl (C=O) groups excluding carboxylic acids is 2. The lowest BCUT2D eigenvalue weighted by Gasteiger charge is -2.14. The van der Waals surface area contributed by atoms with Crippen LogP contribution in [0.3, 0.4) is 0 Å². The minimum absolute atomic E-state index is 0.0983. The van der Waals surface area contributed by atoms with Crippen molar-refractivity contribution in [1.29, 1.82) is 0 Å². The number of nitrogens with zero attached hydrogens (tertiary/aromatic N) is 3. The van der Waals surface area contributed by atoms with Crippen molar-refractivity contribution in [2.75, 3.05) is 4.90 Å². The molecule has 0 spiro atoms. The monoisotopic (exact) mass is 493 g/mol. The normalized spacial score (nSPS) is 13.8. The van der Waals surface area contributed by atoms with Gasteiger partial charge < -0.3 is 0 Å². The zero-order valence-electron chi connectivity index (χ0n) is 21.6. The van der Waals surface area contributed by atoms with E-state index in [1.54, 1.807) is 16.7 Å². The van der Waals surface area contributed by atoms with Gasteiger partial charge in [-0.2, -0.15) is 4.57 Å². The Morgan fingerprint density at radius 3 is 2.03 bits per heavy atom. The molecule has 0 fully saturated rings. The molecule has 1 aliphatic heterocycles. The lowest BCUT2D eigenvalue weighted by Crippen LogP contribution is -2.40. The van der Waals surface area contributed by atoms with Gasteiger partial charge in [0.2, 0.25) is 0 Å². The molecule has 186 valence electrons. The molecule has 0 radical (unpaired) electrons. The number of carbonyl (C=O) groups is 2. The van der Waals surface area contributed by atoms with E-state index >= 15 is 0 Å². The maximum Gasteiger partial charge on any atom is 0.331 e. The van der Waals surface area contributed by atoms with Gasteiger partial charge in [0.1, 0.15) is 5.57 Å². The Morgan fingerprint density at radius 1 is 0.757 bits per heavy atom. The van der Waals surface area contributed by atoms with E-state index in [0.717, 1.165) is 16.7 Å². The van der Waals surface area contributed by atoms with Crippen molar-refractivity contribution >= 4 is 28.8 Å². The average molecular weight is 494 g/mol. The smallest absolute Gasteiger partial charge is 0.294 e. The zero-order chi connectivity index (χ0) is 26.4. The maximum absolute atomic E-state index is 14.1. The Morgan fingerprint density at radius 2 is 1.41 bits per heavy atom. The number of rotatable bonds is 5. The molecule has 1 N–H and O–H groups in total. The fourth-order valence-electron chi connectivity index (χ4n) is 4.90. The van der Waals surface area contributed by atoms with Gasteiger partial charge in [-0.25, -0.2) is 9.58 Å². The van der Waals surface area contributed by atoms with Crippen LogP contribution in [-0.2, 0) is 9.59 Å². The third-order valence-electron chi connectivity index (χ3n) is 6.48. The van der Waals surface area contributed by atoms with Crippen LogP contribution in [0.2, 0.25) is 0 Å². The van der Waals surface area contributed by atoms with Crippen LogP contribution in [0.1, 0.15) is 47.7 Å². The molecule has 0 unspecified atom stereocenters. The van der Waals surface area contributed by atoms with Gasteiger partial charge in [0.05, 0.1) is 16.9 Å². The van der Waals surface area contributed by atoms with Crippen LogP contribution < -0.4 is 15.0 Å². The van der Waals surface area contributed by atoms with Crippen LogP contribution in [0.25, 0.3) is 17.0 Å². The molecular formula is C30H29N4O3+. The first kappa shape index (κ1) is 24.2. The number of aryl methyl sites for hydroxylation is 3. The molecule has 37 heavy (non-hydrogen) atoms. The second-order valence-corrected chi connectivity index (χ2v) is 9.84. The third kappa shape index (κ3) is 4.12. The molecule has 2 amide bonds. The predicted molar refractivity (Wildman–Crippen MR) is 143 cm³/mol. The molecule has 0 saturated carbocycles. The summed E-state index contributed by atoms with van der Waals surface area (Å²) in [6.07, 6.45) is 3.62. The number of amides is 2. The number of pyridine rings is 1. The molecule has 0 aliphatic carbocycles. The van der Waals surface area contributed by atoms with E-state index in [9.17, 15) is 14.4 Å². The van der Waals surface area contributed by atoms with Crippen molar-refractivity contribution in [3.05, 3.63) is 111 Å². The number of H-pyrrole nitrogens is 1. The highest BCUT2D eigenvalue weighted by atomic mass is 16.2. The highest BCUT2D eigenvalue weighted by molar-refractivity contribution is 6.53. The quantitative estimate of drug-likeness (QED) is 0.330. The van der Waals surface area contributed by atoms with Gasteiger partial charge in [-0.05, 0) is 62.6 Å². The number of nitrogens with one attached hydrogen (secondary N) is 1. The molecule has 0 bridgehead atoms. The summed E-state index contributed by atoms with van der Waals surface area (Å²) in [7, 11) is 0. The summed E-state index contributed by atoms with van der Waals surface area (Å²) in [5.74, 6) is -1.10. The Kier molecular flexibility index (Phi) is 5.99. The summed E-state index contributed by atoms with van der Waals surface area (Å²) in [6.45, 7) is 9.68. The molecule has 4 aromatic rings. The number of aromatic amines is 1. The summed E-state index contributed by atoms with van der Waals surface area (Å²) in [4.78, 5) is 43.3. The Balaban J connectivity index is 1.83. The molecule has 2 aromatic heterocycles. The van der Waals surface area contributed by atoms with Crippen LogP contribution in [0.15, 0.2) is 77.9 Å². The largest absolute Gasteiger partial charge is 0.331 e. The molecule has 7 nitrogen and oxygen atoms in total. The second-order valence-electron chi connectivity index (χ2n) is 9.84. The molecule has 2 aromatic carbocycles. The van der Waals surface area contributed by atoms with Crippen molar-refractivity contribution in [2.45, 2.75) is 40.5 Å². The molecule has 0 atom stereocenters. The highest BCUT2D eigenvalue weighted by Gasteiger charge is 2.48. The number of aromatic nitrogens is 3. The zero-order valence-corrected chi connectivity index (χ0v) is 21.6. The van der Waals surface area contributed by atoms with Crippen molar-refractivity contribution in [1.82, 2.24) is 9.78 Å². The molecule has 3 heterocycles. The Hall–Kier alpha value is -4.52. The van der Waals surface area contributed by atoms with E-state index in [4.69, 9.17) is 0 Å². The summed E-state index contributed by atoms with van der Waals surface area (Å²) in [6, 6.07) is 18.4. The maximum atomic E-state index is 14.1. The van der Waals surface area contributed by atoms with E-state index in [2.05, 4.69) is 5.10 Å².